The fraction of sp³-hybridized carbons (Fsp3) is 0.273. The van der Waals surface area contributed by atoms with E-state index < -0.39 is 0 Å². The number of carbonyl (C=O) groups is 1. The summed E-state index contributed by atoms with van der Waals surface area (Å²) < 4.78 is 1.59. The molecule has 5 nitrogen and oxygen atoms in total. The monoisotopic (exact) mass is 284 g/mol. The lowest BCUT2D eigenvalue weighted by molar-refractivity contribution is -0.121. The number of hydrogen-bond donors (Lipinski definition) is 2. The number of thiophene rings is 1. The average molecular weight is 285 g/mol. The minimum Gasteiger partial charge on any atom is -0.378 e. The Morgan fingerprint density at radius 2 is 2.44 bits per heavy atom. The molecule has 2 heterocycles. The molecule has 2 aromatic heterocycles. The van der Waals surface area contributed by atoms with Gasteiger partial charge in [-0.25, -0.2) is 0 Å². The standard InChI is InChI=1S/C11H13ClN4OS/c1-13-11(17)6-16-5-9(3-15-16)14-4-10-2-8(12)7-18-10/h2-3,5,7,14H,4,6H2,1H3,(H,13,17). The lowest BCUT2D eigenvalue weighted by Gasteiger charge is -2.01. The highest BCUT2D eigenvalue weighted by Crippen LogP contribution is 2.20. The molecule has 0 atom stereocenters. The lowest BCUT2D eigenvalue weighted by Crippen LogP contribution is -2.23. The quantitative estimate of drug-likeness (QED) is 0.882. The number of nitrogens with one attached hydrogen (secondary N) is 2. The van der Waals surface area contributed by atoms with Gasteiger partial charge in [-0.05, 0) is 6.07 Å². The number of halogens is 1. The SMILES string of the molecule is CNC(=O)Cn1cc(NCc2cc(Cl)cs2)cn1. The van der Waals surface area contributed by atoms with E-state index in [0.29, 0.717) is 6.54 Å². The molecule has 0 saturated heterocycles. The van der Waals surface area contributed by atoms with Gasteiger partial charge in [-0.1, -0.05) is 11.6 Å². The fourth-order valence-corrected chi connectivity index (χ4v) is 2.42. The molecule has 0 aromatic carbocycles. The van der Waals surface area contributed by atoms with Gasteiger partial charge in [-0.2, -0.15) is 5.10 Å². The molecule has 96 valence electrons. The van der Waals surface area contributed by atoms with E-state index >= 15 is 0 Å². The number of anilines is 1. The van der Waals surface area contributed by atoms with Crippen molar-refractivity contribution >= 4 is 34.5 Å². The second-order valence-electron chi connectivity index (χ2n) is 3.68. The van der Waals surface area contributed by atoms with Gasteiger partial charge in [0.05, 0.1) is 16.9 Å². The van der Waals surface area contributed by atoms with E-state index in [-0.39, 0.29) is 12.5 Å². The van der Waals surface area contributed by atoms with Crippen molar-refractivity contribution in [2.24, 2.45) is 0 Å². The maximum Gasteiger partial charge on any atom is 0.241 e. The van der Waals surface area contributed by atoms with Gasteiger partial charge < -0.3 is 10.6 Å². The zero-order valence-corrected chi connectivity index (χ0v) is 11.4. The van der Waals surface area contributed by atoms with E-state index in [1.54, 1.807) is 35.5 Å². The molecule has 18 heavy (non-hydrogen) atoms. The van der Waals surface area contributed by atoms with Crippen LogP contribution in [-0.2, 0) is 17.9 Å². The van der Waals surface area contributed by atoms with Crippen molar-refractivity contribution in [1.82, 2.24) is 15.1 Å². The molecule has 0 aliphatic heterocycles. The molecule has 0 unspecified atom stereocenters. The van der Waals surface area contributed by atoms with Gasteiger partial charge in [-0.3, -0.25) is 9.48 Å². The van der Waals surface area contributed by atoms with Crippen molar-refractivity contribution in [2.75, 3.05) is 12.4 Å². The molecule has 2 rings (SSSR count). The van der Waals surface area contributed by atoms with Gasteiger partial charge >= 0.3 is 0 Å². The van der Waals surface area contributed by atoms with E-state index in [1.165, 1.54) is 0 Å². The zero-order chi connectivity index (χ0) is 13.0. The van der Waals surface area contributed by atoms with E-state index in [4.69, 9.17) is 11.6 Å². The van der Waals surface area contributed by atoms with Crippen LogP contribution in [-0.4, -0.2) is 22.7 Å². The maximum absolute atomic E-state index is 11.2. The normalized spacial score (nSPS) is 10.3. The third kappa shape index (κ3) is 3.48. The van der Waals surface area contributed by atoms with Crippen molar-refractivity contribution < 1.29 is 4.79 Å². The van der Waals surface area contributed by atoms with Crippen LogP contribution in [0.15, 0.2) is 23.8 Å². The number of carbonyl (C=O) groups excluding carboxylic acids is 1. The van der Waals surface area contributed by atoms with Crippen LogP contribution in [0.25, 0.3) is 0 Å². The Balaban J connectivity index is 1.88. The summed E-state index contributed by atoms with van der Waals surface area (Å²) in [4.78, 5) is 12.3. The van der Waals surface area contributed by atoms with Crippen molar-refractivity contribution in [1.29, 1.82) is 0 Å². The molecule has 2 N–H and O–H groups in total. The van der Waals surface area contributed by atoms with Gasteiger partial charge in [-0.15, -0.1) is 11.3 Å². The molecule has 7 heteroatoms. The van der Waals surface area contributed by atoms with Gasteiger partial charge in [0.25, 0.3) is 0 Å². The van der Waals surface area contributed by atoms with Gasteiger partial charge in [0, 0.05) is 30.0 Å². The Morgan fingerprint density at radius 3 is 3.11 bits per heavy atom. The largest absolute Gasteiger partial charge is 0.378 e. The topological polar surface area (TPSA) is 59.0 Å². The number of aromatic nitrogens is 2. The lowest BCUT2D eigenvalue weighted by atomic mass is 10.4. The molecule has 0 bridgehead atoms. The van der Waals surface area contributed by atoms with Crippen LogP contribution in [0.2, 0.25) is 5.02 Å². The maximum atomic E-state index is 11.2. The highest BCUT2D eigenvalue weighted by molar-refractivity contribution is 7.10. The highest BCUT2D eigenvalue weighted by atomic mass is 35.5. The number of rotatable bonds is 5. The third-order valence-corrected chi connectivity index (χ3v) is 3.59. The molecule has 0 aliphatic rings. The van der Waals surface area contributed by atoms with Crippen molar-refractivity contribution in [3.05, 3.63) is 33.7 Å². The minimum absolute atomic E-state index is 0.0744. The van der Waals surface area contributed by atoms with E-state index in [2.05, 4.69) is 15.7 Å². The predicted octanol–water partition coefficient (Wildman–Crippen LogP) is 1.96. The molecule has 2 aromatic rings. The van der Waals surface area contributed by atoms with E-state index in [9.17, 15) is 4.79 Å². The van der Waals surface area contributed by atoms with Crippen molar-refractivity contribution in [3.63, 3.8) is 0 Å². The molecular formula is C11H13ClN4OS. The van der Waals surface area contributed by atoms with Gasteiger partial charge in [0.1, 0.15) is 6.54 Å². The summed E-state index contributed by atoms with van der Waals surface area (Å²) in [6.45, 7) is 0.923. The first-order valence-electron chi connectivity index (χ1n) is 5.37. The van der Waals surface area contributed by atoms with E-state index in [0.717, 1.165) is 15.6 Å². The third-order valence-electron chi connectivity index (χ3n) is 2.31. The smallest absolute Gasteiger partial charge is 0.241 e. The van der Waals surface area contributed by atoms with Crippen LogP contribution < -0.4 is 10.6 Å². The summed E-state index contributed by atoms with van der Waals surface area (Å²) >= 11 is 7.45. The first kappa shape index (κ1) is 12.9. The second kappa shape index (κ2) is 5.88. The van der Waals surface area contributed by atoms with Gasteiger partial charge in [0.15, 0.2) is 0 Å². The van der Waals surface area contributed by atoms with Crippen LogP contribution in [0.5, 0.6) is 0 Å². The molecule has 0 radical (unpaired) electrons. The number of nitrogens with zero attached hydrogens (tertiary/aromatic N) is 2. The predicted molar refractivity (Wildman–Crippen MR) is 72.9 cm³/mol. The molecular weight excluding hydrogens is 272 g/mol. The molecule has 0 fully saturated rings. The zero-order valence-electron chi connectivity index (χ0n) is 9.81. The number of amides is 1. The summed E-state index contributed by atoms with van der Waals surface area (Å²) in [6.07, 6.45) is 3.49. The summed E-state index contributed by atoms with van der Waals surface area (Å²) in [7, 11) is 1.60. The Morgan fingerprint density at radius 1 is 1.61 bits per heavy atom. The molecule has 1 amide bonds. The second-order valence-corrected chi connectivity index (χ2v) is 5.12. The summed E-state index contributed by atoms with van der Waals surface area (Å²) in [5.74, 6) is -0.0744. The molecule has 0 aliphatic carbocycles. The molecule has 0 spiro atoms. The fourth-order valence-electron chi connectivity index (χ4n) is 1.40. The van der Waals surface area contributed by atoms with Gasteiger partial charge in [0.2, 0.25) is 5.91 Å². The highest BCUT2D eigenvalue weighted by Gasteiger charge is 2.03. The first-order valence-corrected chi connectivity index (χ1v) is 6.63. The summed E-state index contributed by atoms with van der Waals surface area (Å²) in [6, 6.07) is 1.92. The van der Waals surface area contributed by atoms with Crippen LogP contribution in [0.1, 0.15) is 4.88 Å². The Kier molecular flexibility index (Phi) is 4.22. The Labute approximate surface area is 114 Å². The molecule has 0 saturated carbocycles. The van der Waals surface area contributed by atoms with Crippen LogP contribution in [0.4, 0.5) is 5.69 Å². The van der Waals surface area contributed by atoms with Crippen molar-refractivity contribution in [3.8, 4) is 0 Å². The average Bonchev–Trinajstić information content (AvgIpc) is 2.96. The summed E-state index contributed by atoms with van der Waals surface area (Å²) in [5.41, 5.74) is 0.878. The minimum atomic E-state index is -0.0744. The van der Waals surface area contributed by atoms with Crippen molar-refractivity contribution in [2.45, 2.75) is 13.1 Å². The Bertz CT molecular complexity index is 537. The van der Waals surface area contributed by atoms with Crippen LogP contribution >= 0.6 is 22.9 Å². The Hall–Kier alpha value is -1.53. The van der Waals surface area contributed by atoms with Crippen LogP contribution in [0.3, 0.4) is 0 Å². The first-order chi connectivity index (χ1) is 8.67. The summed E-state index contributed by atoms with van der Waals surface area (Å²) in [5, 5.41) is 12.5. The van der Waals surface area contributed by atoms with Crippen LogP contribution in [0, 0.1) is 0 Å². The van der Waals surface area contributed by atoms with E-state index in [1.807, 2.05) is 11.4 Å². The number of likely N-dealkylation sites (N-methyl/N-ethyl adjacent to an activating group) is 1. The number of hydrogen-bond acceptors (Lipinski definition) is 4.